The number of carbonyl (C=O) groups excluding carboxylic acids is 3. The molecule has 0 bridgehead atoms. The summed E-state index contributed by atoms with van der Waals surface area (Å²) in [7, 11) is 0. The van der Waals surface area contributed by atoms with E-state index in [4.69, 9.17) is 54.7 Å². The van der Waals surface area contributed by atoms with Crippen LogP contribution in [0.2, 0.25) is 15.9 Å². The van der Waals surface area contributed by atoms with Crippen molar-refractivity contribution in [2.24, 2.45) is 5.73 Å². The first kappa shape index (κ1) is 69.7. The average Bonchev–Trinajstić information content (AvgIpc) is 1.55. The van der Waals surface area contributed by atoms with Crippen LogP contribution < -0.4 is 26.2 Å². The number of nitrogens with one attached hydrogen (secondary N) is 2. The van der Waals surface area contributed by atoms with E-state index < -0.39 is 35.7 Å². The smallest absolute Gasteiger partial charge is 0.417 e. The number of nitrogens with zero attached hydrogens (tertiary/aromatic N) is 15. The lowest BCUT2D eigenvalue weighted by molar-refractivity contribution is -0.138. The highest BCUT2D eigenvalue weighted by molar-refractivity contribution is 6.31. The predicted molar refractivity (Wildman–Crippen MR) is 333 cm³/mol. The lowest BCUT2D eigenvalue weighted by Gasteiger charge is -2.20. The van der Waals surface area contributed by atoms with E-state index in [2.05, 4.69) is 65.5 Å². The molecule has 4 N–H and O–H groups in total. The first-order chi connectivity index (χ1) is 44.6. The van der Waals surface area contributed by atoms with Gasteiger partial charge in [0.05, 0.1) is 47.3 Å². The SMILES string of the molecule is C[C@H](N)c1cn(-c2ccc(C(F)(F)F)cc2)cn1.C[C@H](Nc1ncnc(N2C(=O)OC[C@@H]2c2ccccc2)n1)c1cn(-c2ccc(C(F)(F)F)cc2)cn1.Cl.Clc1ncnc(Cl)n1.O=C1N[C@@H](c2ccccc2)CO1.O=C1OC[C@H](c2ccccc2)N1c1ncnc(Cl)n1. The van der Waals surface area contributed by atoms with Gasteiger partial charge >= 0.3 is 30.6 Å². The third-order valence-electron chi connectivity index (χ3n) is 13.5. The van der Waals surface area contributed by atoms with Crippen molar-refractivity contribution in [2.75, 3.05) is 34.9 Å². The van der Waals surface area contributed by atoms with Gasteiger partial charge in [0.25, 0.3) is 0 Å². The van der Waals surface area contributed by atoms with Gasteiger partial charge in [-0.15, -0.1) is 12.4 Å². The van der Waals surface area contributed by atoms with E-state index in [1.165, 1.54) is 65.7 Å². The molecule has 24 nitrogen and oxygen atoms in total. The van der Waals surface area contributed by atoms with E-state index in [9.17, 15) is 40.7 Å². The fraction of sp³-hybridized carbons (Fsp3) is 0.200. The Hall–Kier alpha value is -10.1. The van der Waals surface area contributed by atoms with Gasteiger partial charge in [-0.2, -0.15) is 41.3 Å². The summed E-state index contributed by atoms with van der Waals surface area (Å²) >= 11 is 16.3. The van der Waals surface area contributed by atoms with Gasteiger partial charge in [-0.05, 0) is 114 Å². The van der Waals surface area contributed by atoms with Gasteiger partial charge in [0.1, 0.15) is 50.9 Å². The van der Waals surface area contributed by atoms with E-state index in [1.54, 1.807) is 28.5 Å². The van der Waals surface area contributed by atoms with Crippen LogP contribution in [0.3, 0.4) is 0 Å². The molecule has 5 aromatic carbocycles. The zero-order valence-electron chi connectivity index (χ0n) is 48.9. The molecule has 8 heterocycles. The Kier molecular flexibility index (Phi) is 23.7. The van der Waals surface area contributed by atoms with Crippen LogP contribution in [-0.4, -0.2) is 102 Å². The van der Waals surface area contributed by atoms with Crippen LogP contribution in [0.1, 0.15) is 83.3 Å². The number of alkyl carbamates (subject to hydrolysis) is 1. The summed E-state index contributed by atoms with van der Waals surface area (Å²) in [5.74, 6) is 0.561. The van der Waals surface area contributed by atoms with E-state index in [-0.39, 0.29) is 95.6 Å². The second-order valence-electron chi connectivity index (χ2n) is 19.8. The first-order valence-electron chi connectivity index (χ1n) is 27.6. The molecule has 34 heteroatoms. The number of nitrogens with two attached hydrogens (primary N) is 1. The first-order valence-corrected chi connectivity index (χ1v) is 28.7. The van der Waals surface area contributed by atoms with Crippen molar-refractivity contribution in [3.8, 4) is 11.4 Å². The van der Waals surface area contributed by atoms with Crippen LogP contribution in [-0.2, 0) is 26.6 Å². The second-order valence-corrected chi connectivity index (χ2v) is 20.8. The summed E-state index contributed by atoms with van der Waals surface area (Å²) in [4.78, 5) is 80.9. The number of ether oxygens (including phenoxy) is 3. The molecular weight excluding hydrogens is 1320 g/mol. The highest BCUT2D eigenvalue weighted by Gasteiger charge is 2.39. The largest absolute Gasteiger partial charge is 0.447 e. The standard InChI is InChI=1S/C24H20F3N7O2.C12H9ClN4O2.C12H12F3N3.C9H9NO2.C3HCl2N3.ClH/c1-15(19-11-33(14-30-19)18-9-7-17(8-10-18)24(25,26)27)31-21-28-13-29-22(32-21)34-20(12-36-23(34)35)16-5-3-2-4-6-16;13-10-14-7-15-11(16-10)17-9(6-19-12(17)18)8-4-2-1-3-5-8;1-8(16)11-6-18(7-17-11)10-4-2-9(3-5-10)12(13,14)15;11-9-10-8(6-12-9)7-4-2-1-3-5-7;4-2-6-1-7-3(5)8-2;/h2-11,13-15,20H,12H2,1H3,(H,28,29,31,32);1-5,7,9H,6H2;2-8H,16H2,1H3;1-5,8H,6H2,(H,10,11);1H;1H/t15-,20+;9-;2*8-;;/m0101../s1. The Balaban J connectivity index is 0.000000165. The number of aromatic nitrogens is 13. The van der Waals surface area contributed by atoms with Crippen LogP contribution in [0.15, 0.2) is 184 Å². The number of carbonyl (C=O) groups is 3. The van der Waals surface area contributed by atoms with Crippen molar-refractivity contribution in [1.82, 2.24) is 69.3 Å². The summed E-state index contributed by atoms with van der Waals surface area (Å²) in [6, 6.07) is 37.3. The Labute approximate surface area is 552 Å². The summed E-state index contributed by atoms with van der Waals surface area (Å²) in [5, 5.41) is 6.10. The fourth-order valence-corrected chi connectivity index (χ4v) is 9.23. The molecule has 3 aliphatic heterocycles. The minimum Gasteiger partial charge on any atom is -0.447 e. The molecule has 3 aliphatic rings. The zero-order chi connectivity index (χ0) is 66.2. The Morgan fingerprint density at radius 1 is 0.521 bits per heavy atom. The average molecular weight is 1380 g/mol. The number of alkyl halides is 6. The molecule has 0 spiro atoms. The lowest BCUT2D eigenvalue weighted by atomic mass is 10.1. The maximum Gasteiger partial charge on any atom is 0.417 e. The van der Waals surface area contributed by atoms with Gasteiger partial charge in [0, 0.05) is 29.8 Å². The van der Waals surface area contributed by atoms with Crippen molar-refractivity contribution in [1.29, 1.82) is 0 Å². The van der Waals surface area contributed by atoms with Crippen molar-refractivity contribution >= 4 is 83.3 Å². The Bertz CT molecular complexity index is 4080. The molecule has 3 saturated heterocycles. The van der Waals surface area contributed by atoms with Gasteiger partial charge in [0.15, 0.2) is 0 Å². The minimum atomic E-state index is -4.40. The fourth-order valence-electron chi connectivity index (χ4n) is 8.82. The number of benzene rings is 5. The highest BCUT2D eigenvalue weighted by atomic mass is 35.5. The number of imidazole rings is 2. The molecule has 5 aromatic heterocycles. The Morgan fingerprint density at radius 2 is 0.936 bits per heavy atom. The van der Waals surface area contributed by atoms with E-state index in [0.29, 0.717) is 29.4 Å². The van der Waals surface area contributed by atoms with Crippen LogP contribution in [0.4, 0.5) is 58.6 Å². The summed E-state index contributed by atoms with van der Waals surface area (Å²) in [6.07, 6.45) is 0.170. The molecule has 94 heavy (non-hydrogen) atoms. The van der Waals surface area contributed by atoms with Gasteiger partial charge in [-0.3, -0.25) is 0 Å². The number of amides is 3. The summed E-state index contributed by atoms with van der Waals surface area (Å²) < 4.78 is 94.0. The molecule has 0 aliphatic carbocycles. The van der Waals surface area contributed by atoms with E-state index in [0.717, 1.165) is 41.0 Å². The van der Waals surface area contributed by atoms with Crippen LogP contribution >= 0.6 is 47.2 Å². The lowest BCUT2D eigenvalue weighted by Crippen LogP contribution is -2.29. The maximum absolute atomic E-state index is 12.8. The maximum atomic E-state index is 12.8. The van der Waals surface area contributed by atoms with E-state index >= 15 is 0 Å². The number of anilines is 3. The van der Waals surface area contributed by atoms with Crippen molar-refractivity contribution in [3.63, 3.8) is 0 Å². The summed E-state index contributed by atoms with van der Waals surface area (Å²) in [6.45, 7) is 4.49. The van der Waals surface area contributed by atoms with Gasteiger partial charge in [-0.25, -0.2) is 64.1 Å². The third-order valence-corrected chi connectivity index (χ3v) is 14.0. The molecule has 488 valence electrons. The minimum absolute atomic E-state index is 0. The van der Waals surface area contributed by atoms with Crippen molar-refractivity contribution < 1.29 is 54.9 Å². The molecule has 3 amide bonds. The predicted octanol–water partition coefficient (Wildman–Crippen LogP) is 13.1. The molecule has 0 unspecified atom stereocenters. The number of hydrogen-bond donors (Lipinski definition) is 3. The molecule has 13 rings (SSSR count). The molecular formula is C60H52Cl4F6N18O6. The zero-order valence-corrected chi connectivity index (χ0v) is 52.0. The second kappa shape index (κ2) is 31.9. The topological polar surface area (TPSA) is 287 Å². The van der Waals surface area contributed by atoms with Gasteiger partial charge < -0.3 is 39.7 Å². The molecule has 10 aromatic rings. The van der Waals surface area contributed by atoms with Crippen LogP contribution in [0, 0.1) is 0 Å². The molecule has 0 saturated carbocycles. The number of halogens is 10. The van der Waals surface area contributed by atoms with Crippen molar-refractivity contribution in [2.45, 2.75) is 56.4 Å². The van der Waals surface area contributed by atoms with Crippen LogP contribution in [0.25, 0.3) is 11.4 Å². The van der Waals surface area contributed by atoms with Gasteiger partial charge in [0.2, 0.25) is 33.7 Å². The number of cyclic esters (lactones) is 3. The van der Waals surface area contributed by atoms with Gasteiger partial charge in [-0.1, -0.05) is 91.0 Å². The molecule has 5 atom stereocenters. The Morgan fingerprint density at radius 3 is 1.34 bits per heavy atom. The number of rotatable bonds is 11. The van der Waals surface area contributed by atoms with Crippen molar-refractivity contribution in [3.05, 3.63) is 239 Å². The third kappa shape index (κ3) is 18.8. The molecule has 0 radical (unpaired) electrons. The monoisotopic (exact) mass is 1370 g/mol. The summed E-state index contributed by atoms with van der Waals surface area (Å²) in [5.41, 5.74) is 9.65. The molecule has 3 fully saturated rings. The number of hydrogen-bond acceptors (Lipinski definition) is 19. The highest BCUT2D eigenvalue weighted by Crippen LogP contribution is 2.34. The normalized spacial score (nSPS) is 16.3. The van der Waals surface area contributed by atoms with E-state index in [1.807, 2.05) is 97.9 Å². The quantitative estimate of drug-likeness (QED) is 0.0801. The van der Waals surface area contributed by atoms with Crippen LogP contribution in [0.5, 0.6) is 0 Å².